The Morgan fingerprint density at radius 2 is 0.833 bits per heavy atom. The van der Waals surface area contributed by atoms with Crippen molar-refractivity contribution in [2.45, 2.75) is 0 Å². The fourth-order valence-corrected chi connectivity index (χ4v) is 3.07. The quantitative estimate of drug-likeness (QED) is 0.238. The predicted molar refractivity (Wildman–Crippen MR) is 103 cm³/mol. The molecule has 30 heavy (non-hydrogen) atoms. The van der Waals surface area contributed by atoms with Gasteiger partial charge in [-0.1, -0.05) is 0 Å². The molecule has 0 spiro atoms. The molecule has 1 aliphatic rings. The van der Waals surface area contributed by atoms with Gasteiger partial charge in [-0.05, 0) is 0 Å². The predicted octanol–water partition coefficient (Wildman–Crippen LogP) is -2.79. The summed E-state index contributed by atoms with van der Waals surface area (Å²) >= 11 is 0. The smallest absolute Gasteiger partial charge is 0.317 e. The summed E-state index contributed by atoms with van der Waals surface area (Å²) in [6.45, 7) is 2.60. The molecule has 1 aliphatic heterocycles. The Balaban J connectivity index is 0.00000841. The van der Waals surface area contributed by atoms with Gasteiger partial charge in [-0.2, -0.15) is 0 Å². The Morgan fingerprint density at radius 3 is 1.03 bits per heavy atom. The van der Waals surface area contributed by atoms with Gasteiger partial charge in [0.15, 0.2) is 0 Å². The van der Waals surface area contributed by atoms with Gasteiger partial charge in [0.2, 0.25) is 5.91 Å². The minimum atomic E-state index is -0.997. The zero-order valence-corrected chi connectivity index (χ0v) is 19.4. The Kier molecular flexibility index (Phi) is 15.3. The number of carboxylic acids is 3. The zero-order valence-electron chi connectivity index (χ0n) is 17.1. The van der Waals surface area contributed by atoms with Gasteiger partial charge in [-0.15, -0.1) is 0 Å². The second-order valence-corrected chi connectivity index (χ2v) is 6.96. The van der Waals surface area contributed by atoms with Crippen LogP contribution in [0.5, 0.6) is 0 Å². The van der Waals surface area contributed by atoms with E-state index < -0.39 is 17.9 Å². The van der Waals surface area contributed by atoms with E-state index >= 15 is 0 Å². The molecule has 0 bridgehead atoms. The van der Waals surface area contributed by atoms with Crippen molar-refractivity contribution in [1.82, 2.24) is 24.9 Å². The van der Waals surface area contributed by atoms with E-state index in [1.54, 1.807) is 14.7 Å². The van der Waals surface area contributed by atoms with E-state index in [1.807, 2.05) is 4.90 Å². The van der Waals surface area contributed by atoms with Crippen molar-refractivity contribution in [3.63, 3.8) is 0 Å². The van der Waals surface area contributed by atoms with Crippen LogP contribution in [0, 0.1) is 39.9 Å². The number of carbonyl (C=O) groups excluding carboxylic acids is 1. The number of nitrogens with zero attached hydrogens (tertiary/aromatic N) is 4. The van der Waals surface area contributed by atoms with Crippen molar-refractivity contribution >= 4 is 23.8 Å². The Labute approximate surface area is 207 Å². The van der Waals surface area contributed by atoms with Crippen molar-refractivity contribution in [2.24, 2.45) is 0 Å². The molecule has 12 nitrogen and oxygen atoms in total. The van der Waals surface area contributed by atoms with Crippen molar-refractivity contribution in [1.29, 1.82) is 0 Å². The van der Waals surface area contributed by atoms with Gasteiger partial charge in [0.1, 0.15) is 0 Å². The number of carbonyl (C=O) groups is 4. The van der Waals surface area contributed by atoms with E-state index in [-0.39, 0.29) is 72.0 Å². The van der Waals surface area contributed by atoms with Gasteiger partial charge in [0.25, 0.3) is 0 Å². The van der Waals surface area contributed by atoms with Crippen LogP contribution in [0.4, 0.5) is 0 Å². The number of rotatable bonds is 8. The molecule has 4 N–H and O–H groups in total. The van der Waals surface area contributed by atoms with Gasteiger partial charge >= 0.3 is 17.9 Å². The molecule has 1 heterocycles. The number of carboxylic acid groups (broad SMARTS) is 3. The maximum atomic E-state index is 11.8. The maximum Gasteiger partial charge on any atom is 0.317 e. The average Bonchev–Trinajstić information content (AvgIpc) is 2.62. The van der Waals surface area contributed by atoms with Gasteiger partial charge in [0.05, 0.1) is 26.2 Å². The van der Waals surface area contributed by atoms with Crippen molar-refractivity contribution < 1.29 is 74.4 Å². The van der Waals surface area contributed by atoms with Crippen LogP contribution in [0.3, 0.4) is 0 Å². The first-order valence-electron chi connectivity index (χ1n) is 9.45. The van der Waals surface area contributed by atoms with E-state index in [4.69, 9.17) is 15.3 Å². The first-order chi connectivity index (χ1) is 13.7. The van der Waals surface area contributed by atoms with Crippen LogP contribution in [-0.2, 0) is 19.2 Å². The molecule has 0 aromatic carbocycles. The van der Waals surface area contributed by atoms with Gasteiger partial charge in [0, 0.05) is 99.3 Å². The first kappa shape index (κ1) is 29.0. The molecule has 0 aliphatic carbocycles. The number of hydrogen-bond acceptors (Lipinski definition) is 8. The summed E-state index contributed by atoms with van der Waals surface area (Å²) in [6, 6.07) is 0. The van der Waals surface area contributed by atoms with Crippen LogP contribution in [0.2, 0.25) is 0 Å². The number of likely N-dealkylation sites (N-methyl/N-ethyl adjacent to an activating group) is 1. The third-order valence-electron chi connectivity index (χ3n) is 4.65. The molecule has 174 valence electrons. The first-order valence-corrected chi connectivity index (χ1v) is 9.45. The van der Waals surface area contributed by atoms with Crippen LogP contribution in [0.25, 0.3) is 0 Å². The van der Waals surface area contributed by atoms with E-state index in [9.17, 15) is 19.2 Å². The van der Waals surface area contributed by atoms with E-state index in [2.05, 4.69) is 5.32 Å². The minimum absolute atomic E-state index is 0. The number of amides is 1. The minimum Gasteiger partial charge on any atom is -0.480 e. The third kappa shape index (κ3) is 13.4. The zero-order chi connectivity index (χ0) is 21.8. The standard InChI is InChI=1S/C17H31N5O7.Gd/c1-18-14(23)10-19-2-4-20(11-15(24)25)6-8-22(13-17(28)29)9-7-21(5-3-19)12-16(26)27;/h2-13H2,1H3,(H,18,23)(H,24,25)(H,26,27)(H,28,29);. The van der Waals surface area contributed by atoms with Crippen LogP contribution in [0.15, 0.2) is 0 Å². The maximum absolute atomic E-state index is 11.8. The Bertz CT molecular complexity index is 549. The van der Waals surface area contributed by atoms with Crippen LogP contribution in [0.1, 0.15) is 0 Å². The molecule has 0 aromatic rings. The van der Waals surface area contributed by atoms with Crippen molar-refractivity contribution in [2.75, 3.05) is 85.6 Å². The van der Waals surface area contributed by atoms with Crippen LogP contribution < -0.4 is 5.32 Å². The fraction of sp³-hybridized carbons (Fsp3) is 0.765. The molecule has 1 rings (SSSR count). The third-order valence-corrected chi connectivity index (χ3v) is 4.65. The van der Waals surface area contributed by atoms with E-state index in [0.717, 1.165) is 0 Å². The van der Waals surface area contributed by atoms with Crippen molar-refractivity contribution in [3.8, 4) is 0 Å². The van der Waals surface area contributed by atoms with Gasteiger partial charge < -0.3 is 20.6 Å². The molecular weight excluding hydrogens is 543 g/mol. The molecular formula is C17H31GdN5O7. The summed E-state index contributed by atoms with van der Waals surface area (Å²) in [5, 5.41) is 30.0. The molecule has 1 fully saturated rings. The molecule has 1 amide bonds. The summed E-state index contributed by atoms with van der Waals surface area (Å²) in [5.41, 5.74) is 0. The van der Waals surface area contributed by atoms with Gasteiger partial charge in [-0.25, -0.2) is 0 Å². The summed E-state index contributed by atoms with van der Waals surface area (Å²) < 4.78 is 0. The van der Waals surface area contributed by atoms with Crippen LogP contribution >= 0.6 is 0 Å². The monoisotopic (exact) mass is 575 g/mol. The largest absolute Gasteiger partial charge is 0.480 e. The molecule has 0 unspecified atom stereocenters. The fourth-order valence-electron chi connectivity index (χ4n) is 3.07. The topological polar surface area (TPSA) is 154 Å². The molecule has 0 atom stereocenters. The molecule has 0 saturated carbocycles. The molecule has 13 heteroatoms. The second-order valence-electron chi connectivity index (χ2n) is 6.96. The Morgan fingerprint density at radius 1 is 0.600 bits per heavy atom. The summed E-state index contributed by atoms with van der Waals surface area (Å²) in [4.78, 5) is 52.2. The molecule has 0 radical (unpaired) electrons. The number of aliphatic carboxylic acids is 3. The number of nitrogens with one attached hydrogen (secondary N) is 1. The summed E-state index contributed by atoms with van der Waals surface area (Å²) in [5.74, 6) is -3.14. The van der Waals surface area contributed by atoms with Crippen molar-refractivity contribution in [3.05, 3.63) is 0 Å². The summed E-state index contributed by atoms with van der Waals surface area (Å²) in [7, 11) is 1.53. The van der Waals surface area contributed by atoms with Crippen LogP contribution in [-0.4, -0.2) is 144 Å². The Hall–Kier alpha value is -0.955. The summed E-state index contributed by atoms with van der Waals surface area (Å²) in [6.07, 6.45) is 0. The molecule has 1 saturated heterocycles. The SMILES string of the molecule is CNC(=O)CN1CCN(CC(=O)O)CCN(CC(=O)O)CCN(CC(=O)O)CC1.[Gd]. The van der Waals surface area contributed by atoms with E-state index in [0.29, 0.717) is 52.4 Å². The molecule has 0 aromatic heterocycles. The average molecular weight is 575 g/mol. The number of hydrogen-bond donors (Lipinski definition) is 4. The second kappa shape index (κ2) is 15.8. The normalized spacial score (nSPS) is 18.4. The van der Waals surface area contributed by atoms with E-state index in [1.165, 1.54) is 7.05 Å². The van der Waals surface area contributed by atoms with Gasteiger partial charge in [-0.3, -0.25) is 38.8 Å².